The molecule has 6 heterocycles. The van der Waals surface area contributed by atoms with Crippen LogP contribution in [0.1, 0.15) is 71.0 Å². The maximum atomic E-state index is 17.2. The Balaban J connectivity index is 0.855. The number of benzene rings is 4. The quantitative estimate of drug-likeness (QED) is 0.165. The van der Waals surface area contributed by atoms with Gasteiger partial charge in [0.25, 0.3) is 11.8 Å². The number of imide groups is 1. The molecule has 4 fully saturated rings. The Hall–Kier alpha value is -7.18. The molecule has 4 aliphatic heterocycles. The van der Waals surface area contributed by atoms with Crippen molar-refractivity contribution in [3.8, 4) is 11.1 Å². The zero-order valence-corrected chi connectivity index (χ0v) is 38.4. The van der Waals surface area contributed by atoms with Gasteiger partial charge in [-0.15, -0.1) is 0 Å². The van der Waals surface area contributed by atoms with Crippen molar-refractivity contribution in [2.75, 3.05) is 68.0 Å². The molecule has 0 spiro atoms. The molecule has 0 aliphatic carbocycles. The van der Waals surface area contributed by atoms with E-state index < -0.39 is 23.7 Å². The van der Waals surface area contributed by atoms with Gasteiger partial charge in [0.2, 0.25) is 17.7 Å². The number of piperidine rings is 2. The first-order valence-corrected chi connectivity index (χ1v) is 23.4. The van der Waals surface area contributed by atoms with E-state index in [2.05, 4.69) is 35.7 Å². The standard InChI is InChI=1S/C50H54FN11O6/c1-52-47(65)30-7-4-8-32(27-30)53-49(67)45-43-37(57(3)55-45)15-14-36(44(43)51)35-13-12-34(61-20-6-11-42(61)64)28-31(35)29-58-21-18-33(19-22-58)59-23-25-60(26-24-59)38-9-5-10-39-46(38)56(2)50(68)62(39)40-16-17-41(63)54-48(40)66/h4-5,7-10,12-15,27-28,33,40H,6,11,16-26,29H2,1-3H3,(H,52,65)(H,53,67)(H,54,63,66). The summed E-state index contributed by atoms with van der Waals surface area (Å²) in [6.07, 6.45) is 3.61. The predicted octanol–water partition coefficient (Wildman–Crippen LogP) is 4.54. The highest BCUT2D eigenvalue weighted by Crippen LogP contribution is 2.37. The lowest BCUT2D eigenvalue weighted by Gasteiger charge is -2.43. The van der Waals surface area contributed by atoms with Crippen LogP contribution in [0.2, 0.25) is 0 Å². The van der Waals surface area contributed by atoms with E-state index in [1.54, 1.807) is 60.0 Å². The number of hydrogen-bond donors (Lipinski definition) is 3. The second kappa shape index (κ2) is 18.1. The first-order chi connectivity index (χ1) is 32.9. The van der Waals surface area contributed by atoms with E-state index in [1.165, 1.54) is 16.3 Å². The summed E-state index contributed by atoms with van der Waals surface area (Å²) in [5.74, 6) is -2.20. The smallest absolute Gasteiger partial charge is 0.329 e. The van der Waals surface area contributed by atoms with E-state index in [0.717, 1.165) is 81.0 Å². The van der Waals surface area contributed by atoms with Crippen LogP contribution in [0.4, 0.5) is 21.5 Å². The Labute approximate surface area is 391 Å². The fourth-order valence-corrected chi connectivity index (χ4v) is 10.7. The number of para-hydroxylation sites is 1. The second-order valence-electron chi connectivity index (χ2n) is 18.3. The Morgan fingerprint density at radius 3 is 2.31 bits per heavy atom. The minimum absolute atomic E-state index is 0.0652. The number of anilines is 3. The first kappa shape index (κ1) is 44.6. The zero-order valence-electron chi connectivity index (χ0n) is 38.4. The van der Waals surface area contributed by atoms with Crippen LogP contribution in [0.25, 0.3) is 33.1 Å². The maximum Gasteiger partial charge on any atom is 0.329 e. The number of fused-ring (bicyclic) bond motifs is 2. The van der Waals surface area contributed by atoms with Gasteiger partial charge < -0.3 is 20.4 Å². The Morgan fingerprint density at radius 1 is 0.809 bits per heavy atom. The van der Waals surface area contributed by atoms with Gasteiger partial charge in [-0.3, -0.25) is 52.9 Å². The highest BCUT2D eigenvalue weighted by atomic mass is 19.1. The van der Waals surface area contributed by atoms with Crippen LogP contribution in [-0.2, 0) is 35.0 Å². The number of hydrogen-bond acceptors (Lipinski definition) is 10. The molecule has 6 aromatic rings. The summed E-state index contributed by atoms with van der Waals surface area (Å²) in [6.45, 7) is 6.03. The first-order valence-electron chi connectivity index (χ1n) is 23.4. The Bertz CT molecular complexity index is 3090. The zero-order chi connectivity index (χ0) is 47.4. The lowest BCUT2D eigenvalue weighted by atomic mass is 9.95. The molecule has 17 nitrogen and oxygen atoms in total. The van der Waals surface area contributed by atoms with Gasteiger partial charge in [-0.05, 0) is 104 Å². The van der Waals surface area contributed by atoms with E-state index in [0.29, 0.717) is 59.0 Å². The SMILES string of the molecule is CNC(=O)c1cccc(NC(=O)c2nn(C)c3ccc(-c4ccc(N5CCCC5=O)cc4CN4CCC(N5CCN(c6cccc7c6n(C)c(=O)n7C6CCC(=O)NC6=O)CC5)CC4)c(F)c23)c1. The normalized spacial score (nSPS) is 18.8. The van der Waals surface area contributed by atoms with Crippen LogP contribution in [0.15, 0.2) is 77.6 Å². The molecule has 4 saturated heterocycles. The van der Waals surface area contributed by atoms with Crippen molar-refractivity contribution in [2.24, 2.45) is 14.1 Å². The lowest BCUT2D eigenvalue weighted by Crippen LogP contribution is -2.53. The largest absolute Gasteiger partial charge is 0.367 e. The predicted molar refractivity (Wildman–Crippen MR) is 256 cm³/mol. The van der Waals surface area contributed by atoms with Crippen molar-refractivity contribution in [3.05, 3.63) is 106 Å². The molecule has 3 N–H and O–H groups in total. The summed E-state index contributed by atoms with van der Waals surface area (Å²) in [7, 11) is 4.92. The molecule has 4 aliphatic rings. The number of carbonyl (C=O) groups excluding carboxylic acids is 5. The van der Waals surface area contributed by atoms with Crippen LogP contribution in [-0.4, -0.2) is 117 Å². The molecule has 1 unspecified atom stereocenters. The Kier molecular flexibility index (Phi) is 11.9. The summed E-state index contributed by atoms with van der Waals surface area (Å²) in [6, 6.07) is 21.2. The third-order valence-corrected chi connectivity index (χ3v) is 14.3. The van der Waals surface area contributed by atoms with Gasteiger partial charge in [0.15, 0.2) is 5.69 Å². The minimum atomic E-state index is -0.744. The molecular weight excluding hydrogens is 870 g/mol. The summed E-state index contributed by atoms with van der Waals surface area (Å²) in [4.78, 5) is 86.3. The topological polar surface area (TPSA) is 179 Å². The number of piperazine rings is 1. The number of aryl methyl sites for hydroxylation is 2. The fraction of sp³-hybridized carbons (Fsp3) is 0.380. The van der Waals surface area contributed by atoms with Crippen LogP contribution >= 0.6 is 0 Å². The van der Waals surface area contributed by atoms with Crippen molar-refractivity contribution in [1.29, 1.82) is 0 Å². The number of likely N-dealkylation sites (tertiary alicyclic amines) is 1. The molecule has 0 saturated carbocycles. The Morgan fingerprint density at radius 2 is 1.57 bits per heavy atom. The van der Waals surface area contributed by atoms with E-state index in [1.807, 2.05) is 36.4 Å². The highest BCUT2D eigenvalue weighted by molar-refractivity contribution is 6.12. The number of aromatic nitrogens is 4. The lowest BCUT2D eigenvalue weighted by molar-refractivity contribution is -0.135. The van der Waals surface area contributed by atoms with Gasteiger partial charge in [0.1, 0.15) is 11.9 Å². The van der Waals surface area contributed by atoms with Gasteiger partial charge in [-0.2, -0.15) is 5.10 Å². The van der Waals surface area contributed by atoms with Crippen LogP contribution in [0, 0.1) is 5.82 Å². The summed E-state index contributed by atoms with van der Waals surface area (Å²) < 4.78 is 21.8. The number of rotatable bonds is 10. The highest BCUT2D eigenvalue weighted by Gasteiger charge is 2.34. The number of nitrogens with zero attached hydrogens (tertiary/aromatic N) is 8. The number of imidazole rings is 1. The second-order valence-corrected chi connectivity index (χ2v) is 18.3. The molecule has 1 atom stereocenters. The molecule has 2 aromatic heterocycles. The molecular formula is C50H54FN11O6. The van der Waals surface area contributed by atoms with Gasteiger partial charge in [0.05, 0.1) is 27.6 Å². The number of amides is 5. The number of halogens is 1. The summed E-state index contributed by atoms with van der Waals surface area (Å²) in [5, 5.41) is 12.3. The molecule has 5 amide bonds. The van der Waals surface area contributed by atoms with Crippen LogP contribution in [0.5, 0.6) is 0 Å². The van der Waals surface area contributed by atoms with Crippen molar-refractivity contribution in [2.45, 2.75) is 57.2 Å². The van der Waals surface area contributed by atoms with Crippen LogP contribution < -0.4 is 31.4 Å². The van der Waals surface area contributed by atoms with Gasteiger partial charge >= 0.3 is 5.69 Å². The summed E-state index contributed by atoms with van der Waals surface area (Å²) >= 11 is 0. The molecule has 352 valence electrons. The fourth-order valence-electron chi connectivity index (χ4n) is 10.7. The van der Waals surface area contributed by atoms with E-state index in [-0.39, 0.29) is 47.3 Å². The van der Waals surface area contributed by atoms with Gasteiger partial charge in [-0.1, -0.05) is 18.2 Å². The average molecular weight is 924 g/mol. The van der Waals surface area contributed by atoms with Crippen molar-refractivity contribution in [1.82, 2.24) is 39.3 Å². The van der Waals surface area contributed by atoms with E-state index in [9.17, 15) is 28.8 Å². The van der Waals surface area contributed by atoms with Gasteiger partial charge in [-0.25, -0.2) is 9.18 Å². The van der Waals surface area contributed by atoms with Crippen molar-refractivity contribution < 1.29 is 28.4 Å². The van der Waals surface area contributed by atoms with Crippen molar-refractivity contribution >= 4 is 68.5 Å². The third kappa shape index (κ3) is 8.10. The molecule has 0 radical (unpaired) electrons. The maximum absolute atomic E-state index is 17.2. The molecule has 18 heteroatoms. The minimum Gasteiger partial charge on any atom is -0.367 e. The third-order valence-electron chi connectivity index (χ3n) is 14.3. The number of nitrogens with one attached hydrogen (secondary N) is 3. The average Bonchev–Trinajstić information content (AvgIpc) is 4.01. The summed E-state index contributed by atoms with van der Waals surface area (Å²) in [5.41, 5.74) is 5.87. The van der Waals surface area contributed by atoms with E-state index in [4.69, 9.17) is 0 Å². The monoisotopic (exact) mass is 923 g/mol. The van der Waals surface area contributed by atoms with Gasteiger partial charge in [0, 0.05) is 102 Å². The van der Waals surface area contributed by atoms with E-state index >= 15 is 4.39 Å². The molecule has 4 aromatic carbocycles. The molecule has 10 rings (SSSR count). The molecule has 0 bridgehead atoms. The molecule has 68 heavy (non-hydrogen) atoms. The number of carbonyl (C=O) groups is 5. The van der Waals surface area contributed by atoms with Crippen molar-refractivity contribution in [3.63, 3.8) is 0 Å². The van der Waals surface area contributed by atoms with Crippen LogP contribution in [0.3, 0.4) is 0 Å².